The summed E-state index contributed by atoms with van der Waals surface area (Å²) in [6, 6.07) is 9.87. The predicted molar refractivity (Wildman–Crippen MR) is 79.8 cm³/mol. The number of ether oxygens (including phenoxy) is 2. The van der Waals surface area contributed by atoms with Crippen LogP contribution < -0.4 is 20.9 Å². The highest BCUT2D eigenvalue weighted by Crippen LogP contribution is 2.29. The molecule has 0 aliphatic rings. The average molecular weight is 314 g/mol. The van der Waals surface area contributed by atoms with Crippen molar-refractivity contribution in [1.82, 2.24) is 0 Å². The first kappa shape index (κ1) is 17.5. The lowest BCUT2D eigenvalue weighted by Gasteiger charge is -2.05. The molecule has 0 aromatic heterocycles. The Bertz CT molecular complexity index is 616. The van der Waals surface area contributed by atoms with Gasteiger partial charge in [0, 0.05) is 11.8 Å². The standard InChI is InChI=1S/C8H11NO2.C7H6F3N/c1-10-6-3-4-8(11-2)7(9)5-6;8-7(9,10)5-2-1-3-6(11)4-5/h3-5H,9H2,1-2H3;1-4H,11H2. The summed E-state index contributed by atoms with van der Waals surface area (Å²) < 4.78 is 45.7. The van der Waals surface area contributed by atoms with Crippen molar-refractivity contribution in [1.29, 1.82) is 0 Å². The number of rotatable bonds is 2. The van der Waals surface area contributed by atoms with Crippen LogP contribution in [-0.4, -0.2) is 14.2 Å². The van der Waals surface area contributed by atoms with E-state index < -0.39 is 11.7 Å². The van der Waals surface area contributed by atoms with Crippen LogP contribution in [0.25, 0.3) is 0 Å². The molecule has 0 amide bonds. The van der Waals surface area contributed by atoms with Crippen LogP contribution in [0, 0.1) is 0 Å². The Morgan fingerprint density at radius 2 is 1.59 bits per heavy atom. The van der Waals surface area contributed by atoms with Gasteiger partial charge in [0.25, 0.3) is 0 Å². The van der Waals surface area contributed by atoms with Crippen LogP contribution in [0.5, 0.6) is 11.5 Å². The summed E-state index contributed by atoms with van der Waals surface area (Å²) in [7, 11) is 3.18. The number of methoxy groups -OCH3 is 2. The van der Waals surface area contributed by atoms with Crippen molar-refractivity contribution >= 4 is 11.4 Å². The van der Waals surface area contributed by atoms with E-state index in [4.69, 9.17) is 20.9 Å². The quantitative estimate of drug-likeness (QED) is 0.831. The zero-order chi connectivity index (χ0) is 16.8. The highest BCUT2D eigenvalue weighted by Gasteiger charge is 2.30. The van der Waals surface area contributed by atoms with E-state index in [-0.39, 0.29) is 5.69 Å². The monoisotopic (exact) mass is 314 g/mol. The number of anilines is 2. The van der Waals surface area contributed by atoms with Crippen LogP contribution >= 0.6 is 0 Å². The van der Waals surface area contributed by atoms with Crippen LogP contribution in [0.1, 0.15) is 5.56 Å². The zero-order valence-corrected chi connectivity index (χ0v) is 12.1. The number of hydrogen-bond acceptors (Lipinski definition) is 4. The van der Waals surface area contributed by atoms with Crippen LogP contribution in [0.2, 0.25) is 0 Å². The number of hydrogen-bond donors (Lipinski definition) is 2. The topological polar surface area (TPSA) is 70.5 Å². The normalized spacial score (nSPS) is 10.4. The van der Waals surface area contributed by atoms with Crippen molar-refractivity contribution in [3.05, 3.63) is 48.0 Å². The van der Waals surface area contributed by atoms with Crippen molar-refractivity contribution in [3.63, 3.8) is 0 Å². The molecule has 4 nitrogen and oxygen atoms in total. The molecule has 0 saturated carbocycles. The van der Waals surface area contributed by atoms with Gasteiger partial charge in [0.15, 0.2) is 0 Å². The molecule has 2 aromatic carbocycles. The van der Waals surface area contributed by atoms with E-state index in [9.17, 15) is 13.2 Å². The Kier molecular flexibility index (Phi) is 5.91. The van der Waals surface area contributed by atoms with Gasteiger partial charge < -0.3 is 20.9 Å². The van der Waals surface area contributed by atoms with Gasteiger partial charge in [-0.15, -0.1) is 0 Å². The maximum Gasteiger partial charge on any atom is 0.416 e. The van der Waals surface area contributed by atoms with Gasteiger partial charge in [0.05, 0.1) is 25.5 Å². The molecular formula is C15H17F3N2O2. The molecule has 0 saturated heterocycles. The molecule has 0 fully saturated rings. The van der Waals surface area contributed by atoms with E-state index in [1.54, 1.807) is 32.4 Å². The lowest BCUT2D eigenvalue weighted by atomic mass is 10.2. The summed E-state index contributed by atoms with van der Waals surface area (Å²) in [5, 5.41) is 0. The van der Waals surface area contributed by atoms with E-state index in [0.29, 0.717) is 11.4 Å². The Morgan fingerprint density at radius 1 is 0.909 bits per heavy atom. The number of benzene rings is 2. The van der Waals surface area contributed by atoms with E-state index in [0.717, 1.165) is 17.9 Å². The fourth-order valence-corrected chi connectivity index (χ4v) is 1.55. The molecule has 2 aromatic rings. The van der Waals surface area contributed by atoms with Gasteiger partial charge in [-0.05, 0) is 30.3 Å². The molecule has 0 radical (unpaired) electrons. The summed E-state index contributed by atoms with van der Waals surface area (Å²) in [5.74, 6) is 1.41. The van der Waals surface area contributed by atoms with Crippen LogP contribution in [0.15, 0.2) is 42.5 Å². The molecular weight excluding hydrogens is 297 g/mol. The van der Waals surface area contributed by atoms with Crippen molar-refractivity contribution < 1.29 is 22.6 Å². The summed E-state index contributed by atoms with van der Waals surface area (Å²) in [6.45, 7) is 0. The third kappa shape index (κ3) is 5.08. The number of halogens is 3. The second-order valence-electron chi connectivity index (χ2n) is 4.23. The van der Waals surface area contributed by atoms with E-state index >= 15 is 0 Å². The van der Waals surface area contributed by atoms with Crippen molar-refractivity contribution in [3.8, 4) is 11.5 Å². The smallest absolute Gasteiger partial charge is 0.416 e. The first-order valence-corrected chi connectivity index (χ1v) is 6.18. The predicted octanol–water partition coefficient (Wildman–Crippen LogP) is 3.57. The first-order chi connectivity index (χ1) is 10.3. The molecule has 0 spiro atoms. The summed E-state index contributed by atoms with van der Waals surface area (Å²) in [6.07, 6.45) is -4.30. The molecule has 120 valence electrons. The van der Waals surface area contributed by atoms with Gasteiger partial charge in [-0.25, -0.2) is 0 Å². The van der Waals surface area contributed by atoms with Crippen molar-refractivity contribution in [2.75, 3.05) is 25.7 Å². The third-order valence-electron chi connectivity index (χ3n) is 2.65. The fraction of sp³-hybridized carbons (Fsp3) is 0.200. The Morgan fingerprint density at radius 3 is 2.00 bits per heavy atom. The minimum Gasteiger partial charge on any atom is -0.497 e. The lowest BCUT2D eigenvalue weighted by molar-refractivity contribution is -0.137. The average Bonchev–Trinajstić information content (AvgIpc) is 2.47. The van der Waals surface area contributed by atoms with Gasteiger partial charge in [-0.3, -0.25) is 0 Å². The van der Waals surface area contributed by atoms with Gasteiger partial charge in [-0.1, -0.05) is 6.07 Å². The Balaban J connectivity index is 0.000000220. The van der Waals surface area contributed by atoms with Crippen LogP contribution in [0.3, 0.4) is 0 Å². The van der Waals surface area contributed by atoms with Gasteiger partial charge in [-0.2, -0.15) is 13.2 Å². The highest BCUT2D eigenvalue weighted by molar-refractivity contribution is 5.56. The first-order valence-electron chi connectivity index (χ1n) is 6.18. The molecule has 0 atom stereocenters. The fourth-order valence-electron chi connectivity index (χ4n) is 1.55. The maximum absolute atomic E-state index is 11.9. The van der Waals surface area contributed by atoms with Gasteiger partial charge in [0.2, 0.25) is 0 Å². The third-order valence-corrected chi connectivity index (χ3v) is 2.65. The highest BCUT2D eigenvalue weighted by atomic mass is 19.4. The number of nitrogen functional groups attached to an aromatic ring is 2. The molecule has 0 aliphatic carbocycles. The Labute approximate surface area is 126 Å². The summed E-state index contributed by atoms with van der Waals surface area (Å²) in [4.78, 5) is 0. The van der Waals surface area contributed by atoms with Crippen molar-refractivity contribution in [2.45, 2.75) is 6.18 Å². The summed E-state index contributed by atoms with van der Waals surface area (Å²) in [5.41, 5.74) is 10.8. The minimum absolute atomic E-state index is 0.125. The number of nitrogens with two attached hydrogens (primary N) is 2. The van der Waals surface area contributed by atoms with Gasteiger partial charge in [0.1, 0.15) is 11.5 Å². The van der Waals surface area contributed by atoms with Gasteiger partial charge >= 0.3 is 6.18 Å². The van der Waals surface area contributed by atoms with Crippen LogP contribution in [0.4, 0.5) is 24.5 Å². The second kappa shape index (κ2) is 7.44. The maximum atomic E-state index is 11.9. The molecule has 2 rings (SSSR count). The van der Waals surface area contributed by atoms with E-state index in [1.165, 1.54) is 12.1 Å². The van der Waals surface area contributed by atoms with E-state index in [2.05, 4.69) is 0 Å². The minimum atomic E-state index is -4.30. The molecule has 0 heterocycles. The Hall–Kier alpha value is -2.57. The largest absolute Gasteiger partial charge is 0.497 e. The molecule has 7 heteroatoms. The second-order valence-corrected chi connectivity index (χ2v) is 4.23. The van der Waals surface area contributed by atoms with Crippen LogP contribution in [-0.2, 0) is 6.18 Å². The molecule has 0 aliphatic heterocycles. The number of alkyl halides is 3. The molecule has 0 unspecified atom stereocenters. The molecule has 22 heavy (non-hydrogen) atoms. The lowest BCUT2D eigenvalue weighted by Crippen LogP contribution is -2.04. The SMILES string of the molecule is COc1ccc(OC)c(N)c1.Nc1cccc(C(F)(F)F)c1. The molecule has 4 N–H and O–H groups in total. The molecule has 0 bridgehead atoms. The van der Waals surface area contributed by atoms with Crippen molar-refractivity contribution in [2.24, 2.45) is 0 Å². The van der Waals surface area contributed by atoms with E-state index in [1.807, 2.05) is 0 Å². The summed E-state index contributed by atoms with van der Waals surface area (Å²) >= 11 is 0. The zero-order valence-electron chi connectivity index (χ0n) is 12.1.